The molecule has 4 rings (SSSR count). The summed E-state index contributed by atoms with van der Waals surface area (Å²) in [5, 5.41) is 3.10. The molecule has 1 aromatic rings. The van der Waals surface area contributed by atoms with E-state index in [0.29, 0.717) is 48.5 Å². The molecule has 2 amide bonds. The van der Waals surface area contributed by atoms with Gasteiger partial charge in [-0.15, -0.1) is 0 Å². The maximum Gasteiger partial charge on any atom is 0.250 e. The van der Waals surface area contributed by atoms with Crippen LogP contribution >= 0.6 is 0 Å². The molecular weight excluding hydrogens is 418 g/mol. The summed E-state index contributed by atoms with van der Waals surface area (Å²) < 4.78 is 10.7. The van der Waals surface area contributed by atoms with E-state index in [0.717, 1.165) is 32.1 Å². The lowest BCUT2D eigenvalue weighted by Gasteiger charge is -2.49. The van der Waals surface area contributed by atoms with Crippen molar-refractivity contribution in [3.63, 3.8) is 0 Å². The van der Waals surface area contributed by atoms with Gasteiger partial charge >= 0.3 is 0 Å². The molecule has 7 heteroatoms. The Morgan fingerprint density at radius 2 is 1.73 bits per heavy atom. The monoisotopic (exact) mass is 457 g/mol. The second-order valence-electron chi connectivity index (χ2n) is 9.91. The van der Waals surface area contributed by atoms with Gasteiger partial charge < -0.3 is 24.6 Å². The molecule has 1 saturated carbocycles. The second-order valence-corrected chi connectivity index (χ2v) is 9.91. The molecule has 1 aliphatic carbocycles. The molecule has 2 heterocycles. The van der Waals surface area contributed by atoms with Gasteiger partial charge in [0, 0.05) is 36.5 Å². The van der Waals surface area contributed by atoms with Crippen LogP contribution in [0, 0.1) is 5.92 Å². The van der Waals surface area contributed by atoms with E-state index in [1.165, 1.54) is 38.8 Å². The highest BCUT2D eigenvalue weighted by atomic mass is 16.5. The summed E-state index contributed by atoms with van der Waals surface area (Å²) >= 11 is 0. The lowest BCUT2D eigenvalue weighted by Crippen LogP contribution is -2.60. The van der Waals surface area contributed by atoms with Crippen LogP contribution < -0.4 is 14.8 Å². The smallest absolute Gasteiger partial charge is 0.250 e. The van der Waals surface area contributed by atoms with Gasteiger partial charge in [0.15, 0.2) is 0 Å². The fourth-order valence-corrected chi connectivity index (χ4v) is 6.27. The average molecular weight is 458 g/mol. The molecule has 0 radical (unpaired) electrons. The van der Waals surface area contributed by atoms with Crippen LogP contribution in [0.2, 0.25) is 0 Å². The van der Waals surface area contributed by atoms with Crippen molar-refractivity contribution < 1.29 is 19.1 Å². The maximum atomic E-state index is 13.8. The molecule has 0 aromatic heterocycles. The molecule has 1 aromatic carbocycles. The zero-order valence-corrected chi connectivity index (χ0v) is 20.2. The fourth-order valence-electron chi connectivity index (χ4n) is 6.27. The Labute approximate surface area is 197 Å². The number of piperidine rings is 2. The summed E-state index contributed by atoms with van der Waals surface area (Å²) in [6.45, 7) is 3.01. The number of rotatable bonds is 8. The highest BCUT2D eigenvalue weighted by Gasteiger charge is 2.46. The zero-order valence-electron chi connectivity index (χ0n) is 20.2. The van der Waals surface area contributed by atoms with Crippen molar-refractivity contribution in [3.8, 4) is 11.5 Å². The predicted octanol–water partition coefficient (Wildman–Crippen LogP) is 4.07. The Morgan fingerprint density at radius 1 is 1.03 bits per heavy atom. The first kappa shape index (κ1) is 23.9. The molecule has 0 spiro atoms. The van der Waals surface area contributed by atoms with Crippen LogP contribution in [-0.4, -0.2) is 67.6 Å². The minimum absolute atomic E-state index is 0.0964. The standard InChI is InChI=1S/C26H39N3O4/c1-32-22-15-21(16-23(17-22)33-2)27-25(31)26(11-5-3-6-12-26)29(19-30)18-20-9-8-14-28-13-7-4-10-24(20)28/h15-17,19-20,24H,3-14,18H2,1-2H3,(H,27,31)/t20?,24-/m1/s1. The molecule has 2 aliphatic heterocycles. The number of ether oxygens (including phenoxy) is 2. The zero-order chi connectivity index (χ0) is 23.3. The van der Waals surface area contributed by atoms with Gasteiger partial charge in [0.25, 0.3) is 0 Å². The van der Waals surface area contributed by atoms with Crippen molar-refractivity contribution in [2.24, 2.45) is 5.92 Å². The summed E-state index contributed by atoms with van der Waals surface area (Å²) in [4.78, 5) is 30.8. The van der Waals surface area contributed by atoms with Crippen LogP contribution in [0.3, 0.4) is 0 Å². The third kappa shape index (κ3) is 5.13. The van der Waals surface area contributed by atoms with Crippen LogP contribution in [0.25, 0.3) is 0 Å². The molecule has 0 bridgehead atoms. The van der Waals surface area contributed by atoms with Crippen LogP contribution in [0.1, 0.15) is 64.2 Å². The van der Waals surface area contributed by atoms with Crippen molar-refractivity contribution in [2.75, 3.05) is 39.2 Å². The minimum Gasteiger partial charge on any atom is -0.497 e. The lowest BCUT2D eigenvalue weighted by atomic mass is 9.77. The normalized spacial score (nSPS) is 24.9. The number of anilines is 1. The first-order valence-corrected chi connectivity index (χ1v) is 12.6. The molecule has 33 heavy (non-hydrogen) atoms. The first-order chi connectivity index (χ1) is 16.1. The number of methoxy groups -OCH3 is 2. The third-order valence-corrected chi connectivity index (χ3v) is 8.05. The van der Waals surface area contributed by atoms with Gasteiger partial charge in [-0.3, -0.25) is 9.59 Å². The van der Waals surface area contributed by atoms with Gasteiger partial charge in [-0.2, -0.15) is 0 Å². The van der Waals surface area contributed by atoms with Gasteiger partial charge in [0.05, 0.1) is 14.2 Å². The summed E-state index contributed by atoms with van der Waals surface area (Å²) in [6.07, 6.45) is 11.4. The molecule has 1 N–H and O–H groups in total. The Hall–Kier alpha value is -2.28. The Kier molecular flexibility index (Phi) is 7.78. The van der Waals surface area contributed by atoms with Crippen molar-refractivity contribution in [1.29, 1.82) is 0 Å². The highest BCUT2D eigenvalue weighted by Crippen LogP contribution is 2.38. The minimum atomic E-state index is -0.798. The molecular formula is C26H39N3O4. The number of amides is 2. The maximum absolute atomic E-state index is 13.8. The number of hydrogen-bond acceptors (Lipinski definition) is 5. The van der Waals surface area contributed by atoms with Crippen molar-refractivity contribution in [3.05, 3.63) is 18.2 Å². The SMILES string of the molecule is COc1cc(NC(=O)C2(N(C=O)CC3CCCN4CCCC[C@H]34)CCCCC2)cc(OC)c1. The van der Waals surface area contributed by atoms with Crippen molar-refractivity contribution in [1.82, 2.24) is 9.80 Å². The third-order valence-electron chi connectivity index (χ3n) is 8.05. The van der Waals surface area contributed by atoms with Gasteiger partial charge in [-0.1, -0.05) is 25.7 Å². The molecule has 7 nitrogen and oxygen atoms in total. The Bertz CT molecular complexity index is 800. The predicted molar refractivity (Wildman–Crippen MR) is 129 cm³/mol. The second kappa shape index (κ2) is 10.8. The number of benzene rings is 1. The van der Waals surface area contributed by atoms with Crippen LogP contribution in [0.4, 0.5) is 5.69 Å². The van der Waals surface area contributed by atoms with Gasteiger partial charge in [-0.05, 0) is 57.5 Å². The number of carbonyl (C=O) groups excluding carboxylic acids is 2. The van der Waals surface area contributed by atoms with E-state index in [4.69, 9.17) is 9.47 Å². The Balaban J connectivity index is 1.56. The van der Waals surface area contributed by atoms with Gasteiger partial charge in [-0.25, -0.2) is 0 Å². The van der Waals surface area contributed by atoms with E-state index in [1.54, 1.807) is 32.4 Å². The first-order valence-electron chi connectivity index (χ1n) is 12.6. The number of nitrogens with one attached hydrogen (secondary N) is 1. The quantitative estimate of drug-likeness (QED) is 0.596. The topological polar surface area (TPSA) is 71.1 Å². The van der Waals surface area contributed by atoms with Crippen LogP contribution in [-0.2, 0) is 9.59 Å². The summed E-state index contributed by atoms with van der Waals surface area (Å²) in [5.74, 6) is 1.58. The molecule has 2 atom stereocenters. The van der Waals surface area contributed by atoms with Crippen LogP contribution in [0.15, 0.2) is 18.2 Å². The van der Waals surface area contributed by atoms with E-state index in [-0.39, 0.29) is 5.91 Å². The van der Waals surface area contributed by atoms with E-state index in [9.17, 15) is 9.59 Å². The summed E-state index contributed by atoms with van der Waals surface area (Å²) in [6, 6.07) is 5.91. The van der Waals surface area contributed by atoms with Crippen LogP contribution in [0.5, 0.6) is 11.5 Å². The fraction of sp³-hybridized carbons (Fsp3) is 0.692. The molecule has 3 fully saturated rings. The van der Waals surface area contributed by atoms with E-state index >= 15 is 0 Å². The Morgan fingerprint density at radius 3 is 2.39 bits per heavy atom. The van der Waals surface area contributed by atoms with Crippen molar-refractivity contribution >= 4 is 18.0 Å². The number of fused-ring (bicyclic) bond motifs is 1. The number of carbonyl (C=O) groups is 2. The molecule has 2 saturated heterocycles. The van der Waals surface area contributed by atoms with Crippen molar-refractivity contribution in [2.45, 2.75) is 75.8 Å². The van der Waals surface area contributed by atoms with Gasteiger partial charge in [0.2, 0.25) is 12.3 Å². The molecule has 182 valence electrons. The molecule has 3 aliphatic rings. The van der Waals surface area contributed by atoms with E-state index in [1.807, 2.05) is 4.90 Å². The summed E-state index contributed by atoms with van der Waals surface area (Å²) in [5.41, 5.74) is -0.170. The highest BCUT2D eigenvalue weighted by molar-refractivity contribution is 5.99. The summed E-state index contributed by atoms with van der Waals surface area (Å²) in [7, 11) is 3.19. The molecule has 1 unspecified atom stereocenters. The number of hydrogen-bond donors (Lipinski definition) is 1. The van der Waals surface area contributed by atoms with Gasteiger partial charge in [0.1, 0.15) is 17.0 Å². The van der Waals surface area contributed by atoms with E-state index < -0.39 is 5.54 Å². The van der Waals surface area contributed by atoms with E-state index in [2.05, 4.69) is 10.2 Å². The largest absolute Gasteiger partial charge is 0.497 e. The number of nitrogens with zero attached hydrogens (tertiary/aromatic N) is 2. The lowest BCUT2D eigenvalue weighted by molar-refractivity contribution is -0.141. The average Bonchev–Trinajstić information content (AvgIpc) is 2.87.